The highest BCUT2D eigenvalue weighted by atomic mass is 16.6. The van der Waals surface area contributed by atoms with Crippen molar-refractivity contribution in [3.8, 4) is 0 Å². The summed E-state index contributed by atoms with van der Waals surface area (Å²) in [6.07, 6.45) is 39.6. The monoisotopic (exact) mass is 716 g/mol. The smallest absolute Gasteiger partial charge is 0.306 e. The molecule has 51 heavy (non-hydrogen) atoms. The number of carbonyl (C=O) groups excluding carboxylic acids is 3. The van der Waals surface area contributed by atoms with Crippen molar-refractivity contribution in [3.05, 3.63) is 60.8 Å². The van der Waals surface area contributed by atoms with Gasteiger partial charge in [0.25, 0.3) is 0 Å². The summed E-state index contributed by atoms with van der Waals surface area (Å²) in [5, 5.41) is 11.6. The number of carboxylic acid groups (broad SMARTS) is 1. The molecule has 0 aliphatic rings. The van der Waals surface area contributed by atoms with Gasteiger partial charge in [0.05, 0.1) is 40.3 Å². The first-order valence-electron chi connectivity index (χ1n) is 19.8. The minimum absolute atomic E-state index is 0.0270. The van der Waals surface area contributed by atoms with Gasteiger partial charge in [0.15, 0.2) is 6.10 Å². The van der Waals surface area contributed by atoms with Crippen molar-refractivity contribution in [1.29, 1.82) is 0 Å². The van der Waals surface area contributed by atoms with Gasteiger partial charge in [-0.2, -0.15) is 0 Å². The van der Waals surface area contributed by atoms with Gasteiger partial charge in [-0.1, -0.05) is 126 Å². The number of hydrogen-bond donors (Lipinski definition) is 0. The molecule has 0 bridgehead atoms. The van der Waals surface area contributed by atoms with Gasteiger partial charge >= 0.3 is 11.9 Å². The minimum Gasteiger partial charge on any atom is -0.544 e. The van der Waals surface area contributed by atoms with Gasteiger partial charge in [-0.3, -0.25) is 9.59 Å². The number of carbonyl (C=O) groups is 3. The first-order chi connectivity index (χ1) is 24.6. The third-order valence-corrected chi connectivity index (χ3v) is 8.46. The molecule has 0 aromatic carbocycles. The zero-order chi connectivity index (χ0) is 37.8. The van der Waals surface area contributed by atoms with Crippen molar-refractivity contribution in [2.24, 2.45) is 0 Å². The Bertz CT molecular complexity index is 1020. The standard InChI is InChI=1S/C43H73NO7/c1-6-8-10-12-14-16-18-20-22-23-25-27-29-31-33-41(45)50-38-39(37-49-36-35-40(43(47)48)44(3,4)5)51-42(46)34-32-30-28-26-24-21-19-17-15-13-11-9-7-2/h8-11,13-17,19,39-40H,6-7,12,18,20-38H2,1-5H3/b10-8+,11-9+,15-13+,16-14+,19-17+. The maximum atomic E-state index is 12.6. The molecule has 0 N–H and O–H groups in total. The molecule has 0 rings (SSSR count). The number of likely N-dealkylation sites (N-methyl/N-ethyl adjacent to an activating group) is 1. The molecule has 0 fully saturated rings. The van der Waals surface area contributed by atoms with Crippen LogP contribution in [-0.2, 0) is 28.6 Å². The third-order valence-electron chi connectivity index (χ3n) is 8.46. The van der Waals surface area contributed by atoms with Gasteiger partial charge in [-0.05, 0) is 57.8 Å². The minimum atomic E-state index is -1.13. The molecule has 2 unspecified atom stereocenters. The predicted molar refractivity (Wildman–Crippen MR) is 208 cm³/mol. The Kier molecular flexibility index (Phi) is 32.1. The maximum absolute atomic E-state index is 12.6. The number of aliphatic carboxylic acids is 1. The largest absolute Gasteiger partial charge is 0.544 e. The fraction of sp³-hybridized carbons (Fsp3) is 0.698. The van der Waals surface area contributed by atoms with E-state index in [-0.39, 0.29) is 42.7 Å². The van der Waals surface area contributed by atoms with Crippen molar-refractivity contribution in [2.75, 3.05) is 41.0 Å². The van der Waals surface area contributed by atoms with Crippen molar-refractivity contribution >= 4 is 17.9 Å². The van der Waals surface area contributed by atoms with Crippen molar-refractivity contribution in [3.63, 3.8) is 0 Å². The van der Waals surface area contributed by atoms with Crippen LogP contribution < -0.4 is 5.11 Å². The molecule has 0 spiro atoms. The number of quaternary nitrogens is 1. The Balaban J connectivity index is 4.45. The first-order valence-corrected chi connectivity index (χ1v) is 19.8. The Morgan fingerprint density at radius 3 is 1.73 bits per heavy atom. The lowest BCUT2D eigenvalue weighted by molar-refractivity contribution is -0.889. The zero-order valence-electron chi connectivity index (χ0n) is 33.0. The molecule has 0 aliphatic heterocycles. The number of carboxylic acids is 1. The normalized spacial score (nSPS) is 13.7. The molecule has 0 heterocycles. The molecule has 0 saturated heterocycles. The van der Waals surface area contributed by atoms with Crippen molar-refractivity contribution < 1.29 is 38.2 Å². The first kappa shape index (κ1) is 48.0. The summed E-state index contributed by atoms with van der Waals surface area (Å²) in [5.41, 5.74) is 0. The molecule has 0 aromatic rings. The van der Waals surface area contributed by atoms with Crippen LogP contribution in [-0.4, -0.2) is 75.5 Å². The Morgan fingerprint density at radius 2 is 1.14 bits per heavy atom. The summed E-state index contributed by atoms with van der Waals surface area (Å²) >= 11 is 0. The molecule has 0 aliphatic carbocycles. The third kappa shape index (κ3) is 32.7. The van der Waals surface area contributed by atoms with Gasteiger partial charge in [0.1, 0.15) is 12.6 Å². The Hall–Kier alpha value is -2.97. The Labute approximate surface area is 311 Å². The summed E-state index contributed by atoms with van der Waals surface area (Å²) < 4.78 is 17.1. The summed E-state index contributed by atoms with van der Waals surface area (Å²) in [6, 6.07) is -0.732. The topological polar surface area (TPSA) is 102 Å². The quantitative estimate of drug-likeness (QED) is 0.0216. The lowest BCUT2D eigenvalue weighted by Crippen LogP contribution is -2.55. The summed E-state index contributed by atoms with van der Waals surface area (Å²) in [5.74, 6) is -1.78. The number of allylic oxidation sites excluding steroid dienone is 10. The maximum Gasteiger partial charge on any atom is 0.306 e. The average Bonchev–Trinajstić information content (AvgIpc) is 3.08. The van der Waals surface area contributed by atoms with E-state index < -0.39 is 18.1 Å². The summed E-state index contributed by atoms with van der Waals surface area (Å²) in [7, 11) is 5.38. The van der Waals surface area contributed by atoms with Crippen LogP contribution in [0.1, 0.15) is 142 Å². The highest BCUT2D eigenvalue weighted by Crippen LogP contribution is 2.13. The average molecular weight is 716 g/mol. The summed E-state index contributed by atoms with van der Waals surface area (Å²) in [6.45, 7) is 4.37. The van der Waals surface area contributed by atoms with Crippen LogP contribution in [0.5, 0.6) is 0 Å². The summed E-state index contributed by atoms with van der Waals surface area (Å²) in [4.78, 5) is 36.7. The second kappa shape index (κ2) is 34.1. The fourth-order valence-corrected chi connectivity index (χ4v) is 5.40. The molecule has 0 aromatic heterocycles. The molecule has 0 saturated carbocycles. The number of unbranched alkanes of at least 4 members (excludes halogenated alkanes) is 12. The van der Waals surface area contributed by atoms with Crippen molar-refractivity contribution in [2.45, 2.75) is 154 Å². The molecule has 0 amide bonds. The van der Waals surface area contributed by atoms with Crippen LogP contribution in [0.25, 0.3) is 0 Å². The molecule has 292 valence electrons. The highest BCUT2D eigenvalue weighted by Gasteiger charge is 2.25. The van der Waals surface area contributed by atoms with Gasteiger partial charge in [0.2, 0.25) is 0 Å². The van der Waals surface area contributed by atoms with Crippen LogP contribution in [0, 0.1) is 0 Å². The number of esters is 2. The van der Waals surface area contributed by atoms with Crippen LogP contribution in [0.4, 0.5) is 0 Å². The molecule has 8 heteroatoms. The molecular weight excluding hydrogens is 642 g/mol. The zero-order valence-corrected chi connectivity index (χ0v) is 33.0. The van der Waals surface area contributed by atoms with Crippen LogP contribution in [0.2, 0.25) is 0 Å². The van der Waals surface area contributed by atoms with E-state index in [2.05, 4.69) is 62.5 Å². The van der Waals surface area contributed by atoms with E-state index in [0.29, 0.717) is 12.8 Å². The van der Waals surface area contributed by atoms with Gasteiger partial charge in [-0.25, -0.2) is 0 Å². The SMILES string of the molecule is CC/C=C/C=C/C=C/CCCCCCCC(=O)OC(COCCC(C(=O)[O-])[N+](C)(C)C)COC(=O)CCCCCCCCC/C=C/C/C=C/CC. The number of nitrogens with zero attached hydrogens (tertiary/aromatic N) is 1. The van der Waals surface area contributed by atoms with E-state index in [1.54, 1.807) is 21.1 Å². The van der Waals surface area contributed by atoms with Gasteiger partial charge in [0, 0.05) is 19.3 Å². The lowest BCUT2D eigenvalue weighted by atomic mass is 10.1. The Morgan fingerprint density at radius 1 is 0.608 bits per heavy atom. The van der Waals surface area contributed by atoms with E-state index in [4.69, 9.17) is 14.2 Å². The van der Waals surface area contributed by atoms with Crippen LogP contribution in [0.3, 0.4) is 0 Å². The van der Waals surface area contributed by atoms with E-state index in [1.807, 2.05) is 12.2 Å². The second-order valence-electron chi connectivity index (χ2n) is 14.2. The van der Waals surface area contributed by atoms with E-state index >= 15 is 0 Å². The highest BCUT2D eigenvalue weighted by molar-refractivity contribution is 5.70. The molecule has 0 radical (unpaired) electrons. The number of hydrogen-bond acceptors (Lipinski definition) is 7. The molecule has 8 nitrogen and oxygen atoms in total. The number of ether oxygens (including phenoxy) is 3. The van der Waals surface area contributed by atoms with Crippen LogP contribution >= 0.6 is 0 Å². The van der Waals surface area contributed by atoms with E-state index in [1.165, 1.54) is 25.7 Å². The van der Waals surface area contributed by atoms with Gasteiger partial charge < -0.3 is 28.6 Å². The van der Waals surface area contributed by atoms with Gasteiger partial charge in [-0.15, -0.1) is 0 Å². The molecule has 2 atom stereocenters. The van der Waals surface area contributed by atoms with E-state index in [0.717, 1.165) is 83.5 Å². The van der Waals surface area contributed by atoms with Crippen LogP contribution in [0.15, 0.2) is 60.8 Å². The second-order valence-corrected chi connectivity index (χ2v) is 14.2. The van der Waals surface area contributed by atoms with Crippen molar-refractivity contribution in [1.82, 2.24) is 0 Å². The lowest BCUT2D eigenvalue weighted by Gasteiger charge is -2.34. The number of rotatable bonds is 34. The van der Waals surface area contributed by atoms with E-state index in [9.17, 15) is 19.5 Å². The predicted octanol–water partition coefficient (Wildman–Crippen LogP) is 8.91. The fourth-order valence-electron chi connectivity index (χ4n) is 5.40. The molecular formula is C43H73NO7.